The monoisotopic (exact) mass is 130 g/mol. The van der Waals surface area contributed by atoms with Crippen LogP contribution in [0, 0.1) is 0 Å². The fourth-order valence-corrected chi connectivity index (χ4v) is 0.409. The van der Waals surface area contributed by atoms with Crippen LogP contribution in [0.15, 0.2) is 0 Å². The Kier molecular flexibility index (Phi) is 3.00. The first kappa shape index (κ1) is 6.42. The average molecular weight is 130 g/mol. The van der Waals surface area contributed by atoms with Gasteiger partial charge in [-0.05, 0) is 13.3 Å². The highest BCUT2D eigenvalue weighted by Gasteiger charge is 2.05. The van der Waals surface area contributed by atoms with Crippen molar-refractivity contribution in [1.29, 1.82) is 0 Å². The minimum Gasteiger partial charge on any atom is -0.322 e. The molecule has 0 aromatic rings. The number of ketones is 1. The molecule has 0 aliphatic rings. The van der Waals surface area contributed by atoms with Crippen LogP contribution in [0.1, 0.15) is 21.1 Å². The van der Waals surface area contributed by atoms with Crippen molar-refractivity contribution >= 4 is 12.1 Å². The first-order valence-electron chi connectivity index (χ1n) is 3.44. The number of carbonyl (C=O) groups is 2. The molecule has 0 aromatic carbocycles. The summed E-state index contributed by atoms with van der Waals surface area (Å²) in [5.41, 5.74) is 5.29. The van der Waals surface area contributed by atoms with Crippen molar-refractivity contribution in [2.24, 2.45) is 5.73 Å². The molecule has 0 aliphatic carbocycles. The van der Waals surface area contributed by atoms with Crippen molar-refractivity contribution in [1.82, 2.24) is 0 Å². The van der Waals surface area contributed by atoms with Crippen molar-refractivity contribution in [3.63, 3.8) is 0 Å². The molecule has 1 unspecified atom stereocenters. The zero-order valence-corrected chi connectivity index (χ0v) is 5.17. The molecule has 0 amide bonds. The number of Topliss-reactive ketones (excluding diaryl/α,β-unsaturated/α-hetero) is 1. The molecule has 0 saturated carbocycles. The minimum absolute atomic E-state index is 0.292. The van der Waals surface area contributed by atoms with Gasteiger partial charge < -0.3 is 10.5 Å². The minimum atomic E-state index is -0.623. The molecule has 1 atom stereocenters. The Labute approximate surface area is 55.6 Å². The zero-order chi connectivity index (χ0) is 7.98. The molecular formula is C6H11NO2. The molecule has 0 aliphatic heterocycles. The van der Waals surface area contributed by atoms with Crippen LogP contribution in [0.25, 0.3) is 0 Å². The van der Waals surface area contributed by atoms with Crippen LogP contribution in [-0.4, -0.2) is 18.1 Å². The van der Waals surface area contributed by atoms with E-state index in [1.165, 1.54) is 0 Å². The van der Waals surface area contributed by atoms with Gasteiger partial charge in [0.25, 0.3) is 0 Å². The topological polar surface area (TPSA) is 60.2 Å². The summed E-state index contributed by atoms with van der Waals surface area (Å²) >= 11 is 0. The molecule has 52 valence electrons. The van der Waals surface area contributed by atoms with Crippen molar-refractivity contribution in [2.75, 3.05) is 0 Å². The van der Waals surface area contributed by atoms with Gasteiger partial charge in [-0.1, -0.05) is 0 Å². The van der Waals surface area contributed by atoms with E-state index in [2.05, 4.69) is 0 Å². The van der Waals surface area contributed by atoms with Gasteiger partial charge in [-0.2, -0.15) is 0 Å². The third-order valence-corrected chi connectivity index (χ3v) is 1.01. The second-order valence-electron chi connectivity index (χ2n) is 1.82. The van der Waals surface area contributed by atoms with E-state index in [9.17, 15) is 9.59 Å². The summed E-state index contributed by atoms with van der Waals surface area (Å²) in [5, 5.41) is 0. The largest absolute Gasteiger partial charge is 0.322 e. The molecule has 0 rings (SSSR count). The fraction of sp³-hybridized carbons (Fsp3) is 0.667. The molecular weight excluding hydrogens is 118 g/mol. The zero-order valence-electron chi connectivity index (χ0n) is 6.17. The van der Waals surface area contributed by atoms with Gasteiger partial charge in [-0.25, -0.2) is 0 Å². The van der Waals surface area contributed by atoms with Gasteiger partial charge in [-0.15, -0.1) is 0 Å². The van der Waals surface area contributed by atoms with Crippen molar-refractivity contribution in [2.45, 2.75) is 25.8 Å². The van der Waals surface area contributed by atoms with Crippen LogP contribution in [-0.2, 0) is 9.59 Å². The van der Waals surface area contributed by atoms with E-state index in [1.54, 1.807) is 0 Å². The maximum Gasteiger partial charge on any atom is 0.146 e. The number of nitrogens with two attached hydrogens (primary N) is 1. The molecule has 0 radical (unpaired) electrons. The number of aldehydes is 1. The van der Waals surface area contributed by atoms with E-state index in [-0.39, 0.29) is 12.7 Å². The summed E-state index contributed by atoms with van der Waals surface area (Å²) in [5.74, 6) is -0.304. The Balaban J connectivity index is 3.50. The second kappa shape index (κ2) is 4.21. The molecule has 0 fully saturated rings. The molecule has 3 nitrogen and oxygen atoms in total. The van der Waals surface area contributed by atoms with Crippen molar-refractivity contribution in [3.8, 4) is 0 Å². The molecule has 0 spiro atoms. The summed E-state index contributed by atoms with van der Waals surface area (Å²) in [7, 11) is 0. The number of hydrogen-bond donors (Lipinski definition) is 1. The van der Waals surface area contributed by atoms with Crippen LogP contribution >= 0.6 is 0 Å². The maximum atomic E-state index is 10.6. The second-order valence-corrected chi connectivity index (χ2v) is 1.82. The van der Waals surface area contributed by atoms with Crippen LogP contribution in [0.5, 0.6) is 0 Å². The van der Waals surface area contributed by atoms with Gasteiger partial charge in [-0.3, -0.25) is 4.79 Å². The summed E-state index contributed by atoms with van der Waals surface area (Å²) in [6.45, 7) is -0.292. The van der Waals surface area contributed by atoms with Gasteiger partial charge in [0.05, 0.1) is 6.04 Å². The first-order chi connectivity index (χ1) is 4.72. The lowest BCUT2D eigenvalue weighted by molar-refractivity contribution is -0.118. The third-order valence-electron chi connectivity index (χ3n) is 1.01. The van der Waals surface area contributed by atoms with E-state index >= 15 is 0 Å². The summed E-state index contributed by atoms with van der Waals surface area (Å²) in [6, 6.07) is -0.623. The highest BCUT2D eigenvalue weighted by atomic mass is 16.1. The first-order valence-corrected chi connectivity index (χ1v) is 2.73. The van der Waals surface area contributed by atoms with E-state index in [1.807, 2.05) is 0 Å². The Morgan fingerprint density at radius 2 is 2.67 bits per heavy atom. The normalized spacial score (nSPS) is 14.1. The number of rotatable bonds is 4. The number of carbonyl (C=O) groups excluding carboxylic acids is 2. The lowest BCUT2D eigenvalue weighted by Gasteiger charge is -2.01. The molecule has 2 N–H and O–H groups in total. The Hall–Kier alpha value is -0.700. The smallest absolute Gasteiger partial charge is 0.146 e. The lowest BCUT2D eigenvalue weighted by atomic mass is 10.1. The molecule has 0 aromatic heterocycles. The van der Waals surface area contributed by atoms with E-state index in [4.69, 9.17) is 7.10 Å². The summed E-state index contributed by atoms with van der Waals surface area (Å²) in [6.07, 6.45) is 1.38. The van der Waals surface area contributed by atoms with Gasteiger partial charge in [0.1, 0.15) is 12.1 Å². The molecule has 0 bridgehead atoms. The van der Waals surface area contributed by atoms with Crippen LogP contribution < -0.4 is 5.73 Å². The fourth-order valence-electron chi connectivity index (χ4n) is 0.409. The van der Waals surface area contributed by atoms with E-state index < -0.39 is 6.04 Å². The SMILES string of the molecule is [2H]CC(=O)C(N)CCC=O. The van der Waals surface area contributed by atoms with Gasteiger partial charge in [0, 0.05) is 7.79 Å². The highest BCUT2D eigenvalue weighted by molar-refractivity contribution is 5.81. The molecule has 0 heterocycles. The molecule has 0 saturated heterocycles. The highest BCUT2D eigenvalue weighted by Crippen LogP contribution is 1.91. The predicted molar refractivity (Wildman–Crippen MR) is 34.0 cm³/mol. The van der Waals surface area contributed by atoms with Gasteiger partial charge in [0.15, 0.2) is 0 Å². The average Bonchev–Trinajstić information content (AvgIpc) is 1.98. The summed E-state index contributed by atoms with van der Waals surface area (Å²) < 4.78 is 6.66. The lowest BCUT2D eigenvalue weighted by Crippen LogP contribution is -2.27. The Morgan fingerprint density at radius 1 is 2.00 bits per heavy atom. The predicted octanol–water partition coefficient (Wildman–Crippen LogP) is -0.118. The number of hydrogen-bond acceptors (Lipinski definition) is 3. The quantitative estimate of drug-likeness (QED) is 0.540. The Bertz CT molecular complexity index is 127. The van der Waals surface area contributed by atoms with Gasteiger partial charge in [0.2, 0.25) is 0 Å². The van der Waals surface area contributed by atoms with Crippen LogP contribution in [0.2, 0.25) is 0 Å². The Morgan fingerprint density at radius 3 is 3.11 bits per heavy atom. The standard InChI is InChI=1S/C6H11NO2/c1-5(9)6(7)3-2-4-8/h4,6H,2-3,7H2,1H3/i1D. The van der Waals surface area contributed by atoms with E-state index in [0.717, 1.165) is 6.29 Å². The van der Waals surface area contributed by atoms with Crippen molar-refractivity contribution in [3.05, 3.63) is 0 Å². The third kappa shape index (κ3) is 3.85. The molecule has 3 heteroatoms. The van der Waals surface area contributed by atoms with Crippen LogP contribution in [0.4, 0.5) is 0 Å². The van der Waals surface area contributed by atoms with Crippen molar-refractivity contribution < 1.29 is 11.0 Å². The summed E-state index contributed by atoms with van der Waals surface area (Å²) in [4.78, 5) is 20.4. The van der Waals surface area contributed by atoms with Gasteiger partial charge >= 0.3 is 0 Å². The van der Waals surface area contributed by atoms with Crippen LogP contribution in [0.3, 0.4) is 0 Å². The molecule has 9 heavy (non-hydrogen) atoms. The van der Waals surface area contributed by atoms with E-state index in [0.29, 0.717) is 12.8 Å². The maximum absolute atomic E-state index is 10.6.